The zero-order chi connectivity index (χ0) is 22.0. The van der Waals surface area contributed by atoms with E-state index < -0.39 is 0 Å². The number of hydrogen-bond acceptors (Lipinski definition) is 7. The molecule has 0 N–H and O–H groups in total. The normalized spacial score (nSPS) is 14.4. The zero-order valence-electron chi connectivity index (χ0n) is 18.4. The van der Waals surface area contributed by atoms with E-state index in [0.717, 1.165) is 57.7 Å². The first-order valence-corrected chi connectivity index (χ1v) is 11.1. The van der Waals surface area contributed by atoms with E-state index in [4.69, 9.17) is 19.2 Å². The van der Waals surface area contributed by atoms with E-state index in [1.807, 2.05) is 17.7 Å². The molecule has 0 bridgehead atoms. The van der Waals surface area contributed by atoms with Crippen LogP contribution in [0.5, 0.6) is 0 Å². The Hall–Kier alpha value is -2.07. The van der Waals surface area contributed by atoms with E-state index in [-0.39, 0.29) is 6.04 Å². The van der Waals surface area contributed by atoms with Gasteiger partial charge < -0.3 is 19.1 Å². The first-order valence-electron chi connectivity index (χ1n) is 10.4. The molecule has 0 radical (unpaired) electrons. The maximum absolute atomic E-state index is 5.48. The topological polar surface area (TPSA) is 74.5 Å². The molecule has 9 heteroatoms. The number of ether oxygens (including phenoxy) is 3. The van der Waals surface area contributed by atoms with Crippen LogP contribution in [0.1, 0.15) is 29.3 Å². The van der Waals surface area contributed by atoms with Crippen LogP contribution in [-0.4, -0.2) is 61.1 Å². The van der Waals surface area contributed by atoms with E-state index in [1.165, 1.54) is 5.56 Å². The third kappa shape index (κ3) is 4.32. The number of anilines is 2. The van der Waals surface area contributed by atoms with Gasteiger partial charge in [-0.3, -0.25) is 0 Å². The predicted octanol–water partition coefficient (Wildman–Crippen LogP) is 3.96. The number of rotatable bonds is 9. The van der Waals surface area contributed by atoms with Crippen LogP contribution in [0.3, 0.4) is 0 Å². The maximum atomic E-state index is 5.48. The molecule has 8 nitrogen and oxygen atoms in total. The monoisotopic (exact) mass is 489 g/mol. The second-order valence-electron chi connectivity index (χ2n) is 7.79. The lowest BCUT2D eigenvalue weighted by Crippen LogP contribution is -2.19. The van der Waals surface area contributed by atoms with Gasteiger partial charge in [-0.25, -0.2) is 9.67 Å². The number of methoxy groups -OCH3 is 3. The van der Waals surface area contributed by atoms with Crippen molar-refractivity contribution in [3.8, 4) is 0 Å². The van der Waals surface area contributed by atoms with Gasteiger partial charge in [0.2, 0.25) is 0 Å². The molecule has 1 atom stereocenters. The van der Waals surface area contributed by atoms with Gasteiger partial charge in [0, 0.05) is 50.2 Å². The molecule has 2 aromatic heterocycles. The molecular weight excluding hydrogens is 462 g/mol. The van der Waals surface area contributed by atoms with Gasteiger partial charge in [-0.1, -0.05) is 21.1 Å². The smallest absolute Gasteiger partial charge is 0.163 e. The van der Waals surface area contributed by atoms with Crippen molar-refractivity contribution < 1.29 is 14.2 Å². The number of halogens is 1. The Balaban J connectivity index is 1.82. The van der Waals surface area contributed by atoms with Crippen molar-refractivity contribution in [2.24, 2.45) is 0 Å². The molecule has 0 aliphatic carbocycles. The fourth-order valence-corrected chi connectivity index (χ4v) is 4.85. The number of nitrogens with zero attached hydrogens (tertiary/aromatic N) is 5. The summed E-state index contributed by atoms with van der Waals surface area (Å²) in [5.41, 5.74) is 6.25. The highest BCUT2D eigenvalue weighted by Crippen LogP contribution is 2.41. The van der Waals surface area contributed by atoms with Crippen molar-refractivity contribution in [2.75, 3.05) is 46.0 Å². The summed E-state index contributed by atoms with van der Waals surface area (Å²) >= 11 is 3.63. The minimum Gasteiger partial charge on any atom is -0.385 e. The van der Waals surface area contributed by atoms with Crippen molar-refractivity contribution >= 4 is 38.5 Å². The van der Waals surface area contributed by atoms with Gasteiger partial charge in [0.15, 0.2) is 11.3 Å². The van der Waals surface area contributed by atoms with Crippen molar-refractivity contribution in [1.29, 1.82) is 0 Å². The molecule has 3 aromatic rings. The third-order valence-electron chi connectivity index (χ3n) is 5.59. The van der Waals surface area contributed by atoms with Gasteiger partial charge in [-0.15, -0.1) is 5.10 Å². The highest BCUT2D eigenvalue weighted by molar-refractivity contribution is 9.10. The van der Waals surface area contributed by atoms with Crippen LogP contribution in [0.15, 0.2) is 22.7 Å². The Kier molecular flexibility index (Phi) is 6.86. The Bertz CT molecular complexity index is 1070. The molecule has 0 unspecified atom stereocenters. The molecule has 0 saturated heterocycles. The molecule has 31 heavy (non-hydrogen) atoms. The molecule has 4 rings (SSSR count). The van der Waals surface area contributed by atoms with E-state index >= 15 is 0 Å². The summed E-state index contributed by atoms with van der Waals surface area (Å²) in [6, 6.07) is 6.38. The second-order valence-corrected chi connectivity index (χ2v) is 8.70. The molecule has 0 saturated carbocycles. The minimum atomic E-state index is 0.0375. The van der Waals surface area contributed by atoms with Crippen LogP contribution in [0.25, 0.3) is 11.0 Å². The molecule has 3 heterocycles. The average molecular weight is 490 g/mol. The lowest BCUT2D eigenvalue weighted by Gasteiger charge is -2.22. The Morgan fingerprint density at radius 1 is 1.13 bits per heavy atom. The molecule has 0 spiro atoms. The minimum absolute atomic E-state index is 0.0375. The standard InChI is InChI=1S/C22H28BrN5O3/c1-14-9-19-20(25-26-28(19)18(13-31-4)6-8-29-2)22(24-14)27-7-5-15-10-17(23)11-16(12-30-3)21(15)27/h9-11,18H,5-8,12-13H2,1-4H3/t18-/m1/s1. The quantitative estimate of drug-likeness (QED) is 0.450. The van der Waals surface area contributed by atoms with Gasteiger partial charge in [0.05, 0.1) is 30.5 Å². The summed E-state index contributed by atoms with van der Waals surface area (Å²) in [5, 5.41) is 9.06. The van der Waals surface area contributed by atoms with E-state index in [9.17, 15) is 0 Å². The number of aromatic nitrogens is 4. The molecule has 0 amide bonds. The van der Waals surface area contributed by atoms with Crippen molar-refractivity contribution in [3.05, 3.63) is 39.5 Å². The fourth-order valence-electron chi connectivity index (χ4n) is 4.30. The summed E-state index contributed by atoms with van der Waals surface area (Å²) in [6.07, 6.45) is 1.73. The third-order valence-corrected chi connectivity index (χ3v) is 6.05. The highest BCUT2D eigenvalue weighted by atomic mass is 79.9. The Labute approximate surface area is 190 Å². The van der Waals surface area contributed by atoms with Gasteiger partial charge in [0.1, 0.15) is 0 Å². The summed E-state index contributed by atoms with van der Waals surface area (Å²) in [4.78, 5) is 7.14. The first kappa shape index (κ1) is 22.1. The van der Waals surface area contributed by atoms with E-state index in [1.54, 1.807) is 21.3 Å². The first-order chi connectivity index (χ1) is 15.1. The molecular formula is C22H28BrN5O3. The summed E-state index contributed by atoms with van der Waals surface area (Å²) < 4.78 is 19.2. The second kappa shape index (κ2) is 9.60. The summed E-state index contributed by atoms with van der Waals surface area (Å²) in [5.74, 6) is 0.836. The predicted molar refractivity (Wildman–Crippen MR) is 123 cm³/mol. The molecule has 1 aliphatic rings. The van der Waals surface area contributed by atoms with Gasteiger partial charge in [0.25, 0.3) is 0 Å². The van der Waals surface area contributed by atoms with E-state index in [0.29, 0.717) is 19.8 Å². The van der Waals surface area contributed by atoms with Crippen molar-refractivity contribution in [2.45, 2.75) is 32.4 Å². The van der Waals surface area contributed by atoms with Crippen LogP contribution in [0.2, 0.25) is 0 Å². The summed E-state index contributed by atoms with van der Waals surface area (Å²) in [7, 11) is 5.13. The Morgan fingerprint density at radius 3 is 2.71 bits per heavy atom. The van der Waals surface area contributed by atoms with Crippen LogP contribution in [0.4, 0.5) is 11.5 Å². The molecule has 1 aliphatic heterocycles. The van der Waals surface area contributed by atoms with Gasteiger partial charge >= 0.3 is 0 Å². The Morgan fingerprint density at radius 2 is 1.97 bits per heavy atom. The van der Waals surface area contributed by atoms with Gasteiger partial charge in [-0.2, -0.15) is 0 Å². The molecule has 1 aromatic carbocycles. The average Bonchev–Trinajstić information content (AvgIpc) is 3.35. The van der Waals surface area contributed by atoms with Crippen LogP contribution in [0, 0.1) is 6.92 Å². The number of aryl methyl sites for hydroxylation is 1. The lowest BCUT2D eigenvalue weighted by atomic mass is 10.1. The van der Waals surface area contributed by atoms with Crippen LogP contribution < -0.4 is 4.90 Å². The number of benzene rings is 1. The summed E-state index contributed by atoms with van der Waals surface area (Å²) in [6.45, 7) is 4.55. The fraction of sp³-hybridized carbons (Fsp3) is 0.500. The van der Waals surface area contributed by atoms with Crippen molar-refractivity contribution in [3.63, 3.8) is 0 Å². The maximum Gasteiger partial charge on any atom is 0.163 e. The SMILES string of the molecule is COCC[C@H](COC)n1nnc2c(N3CCc4cc(Br)cc(COC)c43)nc(C)cc21. The zero-order valence-corrected chi connectivity index (χ0v) is 20.0. The largest absolute Gasteiger partial charge is 0.385 e. The molecule has 0 fully saturated rings. The van der Waals surface area contributed by atoms with E-state index in [2.05, 4.69) is 43.3 Å². The van der Waals surface area contributed by atoms with Crippen molar-refractivity contribution in [1.82, 2.24) is 20.0 Å². The van der Waals surface area contributed by atoms with Crippen LogP contribution in [-0.2, 0) is 27.2 Å². The van der Waals surface area contributed by atoms with Gasteiger partial charge in [-0.05, 0) is 43.5 Å². The molecule has 166 valence electrons. The highest BCUT2D eigenvalue weighted by Gasteiger charge is 2.29. The number of fused-ring (bicyclic) bond motifs is 2. The van der Waals surface area contributed by atoms with Crippen LogP contribution >= 0.6 is 15.9 Å². The lowest BCUT2D eigenvalue weighted by molar-refractivity contribution is 0.117. The number of hydrogen-bond donors (Lipinski definition) is 0. The number of pyridine rings is 1.